The Morgan fingerprint density at radius 2 is 1.50 bits per heavy atom. The van der Waals surface area contributed by atoms with Gasteiger partial charge < -0.3 is 0 Å². The molecule has 2 heteroatoms. The second-order valence-electron chi connectivity index (χ2n) is 6.86. The molecule has 1 aliphatic carbocycles. The SMILES string of the molecule is Br.CC(P)c1ccc2c(c1)C(C)(C)CCC2(C)C. The molecule has 0 N–H and O–H groups in total. The van der Waals surface area contributed by atoms with E-state index >= 15 is 0 Å². The molecular formula is C16H26BrP. The Morgan fingerprint density at radius 1 is 1.00 bits per heavy atom. The van der Waals surface area contributed by atoms with E-state index in [2.05, 4.69) is 62.1 Å². The van der Waals surface area contributed by atoms with E-state index < -0.39 is 0 Å². The third-order valence-electron chi connectivity index (χ3n) is 4.40. The molecule has 2 rings (SSSR count). The summed E-state index contributed by atoms with van der Waals surface area (Å²) in [7, 11) is 2.90. The summed E-state index contributed by atoms with van der Waals surface area (Å²) >= 11 is 0. The molecule has 0 nitrogen and oxygen atoms in total. The lowest BCUT2D eigenvalue weighted by Crippen LogP contribution is -2.33. The van der Waals surface area contributed by atoms with Crippen LogP contribution in [0.2, 0.25) is 0 Å². The van der Waals surface area contributed by atoms with Gasteiger partial charge in [0.05, 0.1) is 0 Å². The fourth-order valence-electron chi connectivity index (χ4n) is 2.89. The summed E-state index contributed by atoms with van der Waals surface area (Å²) in [4.78, 5) is 0. The van der Waals surface area contributed by atoms with E-state index in [4.69, 9.17) is 0 Å². The molecule has 0 heterocycles. The zero-order valence-electron chi connectivity index (χ0n) is 12.2. The van der Waals surface area contributed by atoms with Crippen molar-refractivity contribution in [2.24, 2.45) is 0 Å². The lowest BCUT2D eigenvalue weighted by atomic mass is 9.63. The Hall–Kier alpha value is 0.130. The summed E-state index contributed by atoms with van der Waals surface area (Å²) in [5.41, 5.74) is 5.79. The van der Waals surface area contributed by atoms with E-state index in [0.717, 1.165) is 0 Å². The largest absolute Gasteiger partial charge is 0.130 e. The normalized spacial score (nSPS) is 21.7. The van der Waals surface area contributed by atoms with E-state index in [1.165, 1.54) is 18.4 Å². The molecule has 0 radical (unpaired) electrons. The van der Waals surface area contributed by atoms with Gasteiger partial charge in [-0.1, -0.05) is 52.8 Å². The van der Waals surface area contributed by atoms with E-state index in [0.29, 0.717) is 16.5 Å². The number of fused-ring (bicyclic) bond motifs is 1. The van der Waals surface area contributed by atoms with Crippen LogP contribution in [0.25, 0.3) is 0 Å². The van der Waals surface area contributed by atoms with Gasteiger partial charge in [-0.2, -0.15) is 0 Å². The molecule has 0 saturated heterocycles. The van der Waals surface area contributed by atoms with Crippen LogP contribution in [0.1, 0.15) is 69.8 Å². The quantitative estimate of drug-likeness (QED) is 0.593. The van der Waals surface area contributed by atoms with Crippen LogP contribution in [0, 0.1) is 0 Å². The second kappa shape index (κ2) is 5.25. The van der Waals surface area contributed by atoms with Crippen LogP contribution in [-0.2, 0) is 10.8 Å². The fraction of sp³-hybridized carbons (Fsp3) is 0.625. The van der Waals surface area contributed by atoms with Crippen molar-refractivity contribution in [2.75, 3.05) is 0 Å². The Kier molecular flexibility index (Phi) is 4.72. The average Bonchev–Trinajstić information content (AvgIpc) is 2.24. The number of rotatable bonds is 1. The molecule has 0 spiro atoms. The average molecular weight is 329 g/mol. The van der Waals surface area contributed by atoms with Crippen LogP contribution < -0.4 is 0 Å². The van der Waals surface area contributed by atoms with Crippen molar-refractivity contribution in [3.8, 4) is 0 Å². The van der Waals surface area contributed by atoms with Crippen molar-refractivity contribution in [1.82, 2.24) is 0 Å². The lowest BCUT2D eigenvalue weighted by molar-refractivity contribution is 0.331. The zero-order chi connectivity index (χ0) is 12.8. The Labute approximate surface area is 125 Å². The smallest absolute Gasteiger partial charge is 0.00427 e. The van der Waals surface area contributed by atoms with Crippen molar-refractivity contribution in [2.45, 2.75) is 63.9 Å². The molecule has 1 aliphatic rings. The van der Waals surface area contributed by atoms with E-state index in [9.17, 15) is 0 Å². The topological polar surface area (TPSA) is 0 Å². The van der Waals surface area contributed by atoms with Gasteiger partial charge in [0.15, 0.2) is 0 Å². The summed E-state index contributed by atoms with van der Waals surface area (Å²) in [6.07, 6.45) is 2.59. The third-order valence-corrected chi connectivity index (χ3v) is 4.79. The van der Waals surface area contributed by atoms with Crippen LogP contribution in [0.3, 0.4) is 0 Å². The minimum atomic E-state index is 0. The van der Waals surface area contributed by atoms with Gasteiger partial charge >= 0.3 is 0 Å². The maximum Gasteiger partial charge on any atom is -0.00427 e. The van der Waals surface area contributed by atoms with Gasteiger partial charge in [-0.15, -0.1) is 26.2 Å². The second-order valence-corrected chi connectivity index (χ2v) is 7.86. The van der Waals surface area contributed by atoms with Crippen LogP contribution in [-0.4, -0.2) is 0 Å². The molecule has 0 saturated carbocycles. The standard InChI is InChI=1S/C16H25P.BrH/c1-11(17)12-6-7-13-14(10-12)16(4,5)9-8-15(13,2)3;/h6-7,10-11H,8-9,17H2,1-5H3;1H. The van der Waals surface area contributed by atoms with Crippen molar-refractivity contribution in [3.05, 3.63) is 34.9 Å². The number of benzene rings is 1. The third kappa shape index (κ3) is 2.83. The first-order valence-electron chi connectivity index (χ1n) is 6.64. The minimum Gasteiger partial charge on any atom is -0.130 e. The highest BCUT2D eigenvalue weighted by molar-refractivity contribution is 8.93. The molecule has 2 unspecified atom stereocenters. The molecule has 102 valence electrons. The Balaban J connectivity index is 0.00000162. The fourth-order valence-corrected chi connectivity index (χ4v) is 3.10. The van der Waals surface area contributed by atoms with Crippen molar-refractivity contribution >= 4 is 26.2 Å². The van der Waals surface area contributed by atoms with Gasteiger partial charge in [0.2, 0.25) is 0 Å². The van der Waals surface area contributed by atoms with Gasteiger partial charge in [-0.3, -0.25) is 0 Å². The number of hydrogen-bond donors (Lipinski definition) is 0. The predicted molar refractivity (Wildman–Crippen MR) is 90.2 cm³/mol. The first-order valence-corrected chi connectivity index (χ1v) is 7.31. The molecule has 1 aromatic carbocycles. The van der Waals surface area contributed by atoms with E-state index in [1.54, 1.807) is 11.1 Å². The maximum atomic E-state index is 2.90. The van der Waals surface area contributed by atoms with Crippen LogP contribution in [0.15, 0.2) is 18.2 Å². The summed E-state index contributed by atoms with van der Waals surface area (Å²) < 4.78 is 0. The van der Waals surface area contributed by atoms with Crippen molar-refractivity contribution in [3.63, 3.8) is 0 Å². The Morgan fingerprint density at radius 3 is 2.00 bits per heavy atom. The number of halogens is 1. The van der Waals surface area contributed by atoms with E-state index in [-0.39, 0.29) is 17.0 Å². The first-order chi connectivity index (χ1) is 7.74. The van der Waals surface area contributed by atoms with Crippen LogP contribution in [0.4, 0.5) is 0 Å². The Bertz CT molecular complexity index is 433. The summed E-state index contributed by atoms with van der Waals surface area (Å²) in [5, 5.41) is 0. The highest BCUT2D eigenvalue weighted by Gasteiger charge is 2.36. The summed E-state index contributed by atoms with van der Waals surface area (Å²) in [6.45, 7) is 11.8. The first kappa shape index (κ1) is 16.2. The van der Waals surface area contributed by atoms with Crippen LogP contribution in [0.5, 0.6) is 0 Å². The number of hydrogen-bond acceptors (Lipinski definition) is 0. The maximum absolute atomic E-state index is 2.90. The van der Waals surface area contributed by atoms with Crippen LogP contribution >= 0.6 is 26.2 Å². The molecular weight excluding hydrogens is 303 g/mol. The molecule has 0 bridgehead atoms. The molecule has 2 atom stereocenters. The molecule has 18 heavy (non-hydrogen) atoms. The monoisotopic (exact) mass is 328 g/mol. The molecule has 0 aromatic heterocycles. The van der Waals surface area contributed by atoms with Gasteiger partial charge in [0.25, 0.3) is 0 Å². The summed E-state index contributed by atoms with van der Waals surface area (Å²) in [6, 6.07) is 7.11. The van der Waals surface area contributed by atoms with Crippen molar-refractivity contribution in [1.29, 1.82) is 0 Å². The van der Waals surface area contributed by atoms with Gasteiger partial charge in [-0.05, 0) is 46.0 Å². The zero-order valence-corrected chi connectivity index (χ0v) is 15.1. The minimum absolute atomic E-state index is 0. The van der Waals surface area contributed by atoms with Gasteiger partial charge in [0.1, 0.15) is 0 Å². The van der Waals surface area contributed by atoms with Crippen molar-refractivity contribution < 1.29 is 0 Å². The molecule has 1 aromatic rings. The highest BCUT2D eigenvalue weighted by atomic mass is 79.9. The van der Waals surface area contributed by atoms with Gasteiger partial charge in [0, 0.05) is 0 Å². The van der Waals surface area contributed by atoms with Gasteiger partial charge in [-0.25, -0.2) is 0 Å². The molecule has 0 fully saturated rings. The predicted octanol–water partition coefficient (Wildman–Crippen LogP) is 5.55. The molecule has 0 amide bonds. The highest BCUT2D eigenvalue weighted by Crippen LogP contribution is 2.46. The van der Waals surface area contributed by atoms with E-state index in [1.807, 2.05) is 0 Å². The summed E-state index contributed by atoms with van der Waals surface area (Å²) in [5.74, 6) is 0. The molecule has 0 aliphatic heterocycles. The lowest BCUT2D eigenvalue weighted by Gasteiger charge is -2.42.